The lowest BCUT2D eigenvalue weighted by Crippen LogP contribution is -2.31. The summed E-state index contributed by atoms with van der Waals surface area (Å²) in [5, 5.41) is 0. The van der Waals surface area contributed by atoms with Crippen molar-refractivity contribution in [2.75, 3.05) is 6.61 Å². The average molecular weight is 311 g/mol. The predicted octanol–water partition coefficient (Wildman–Crippen LogP) is 3.01. The number of hydrogen-bond donors (Lipinski definition) is 1. The van der Waals surface area contributed by atoms with Crippen LogP contribution in [0.3, 0.4) is 0 Å². The van der Waals surface area contributed by atoms with Gasteiger partial charge < -0.3 is 4.74 Å². The number of benzene rings is 1. The second-order valence-electron chi connectivity index (χ2n) is 5.12. The van der Waals surface area contributed by atoms with Crippen LogP contribution in [0.2, 0.25) is 0 Å². The average Bonchev–Trinajstić information content (AvgIpc) is 2.37. The SMILES string of the molecule is Cc1ccc(S(=O)(=O)NC(=O)OC/C=C/CC(C)C)cc1. The number of hydrogen-bond acceptors (Lipinski definition) is 4. The first kappa shape index (κ1) is 17.2. The van der Waals surface area contributed by atoms with Gasteiger partial charge in [-0.15, -0.1) is 0 Å². The number of allylic oxidation sites excluding steroid dienone is 1. The Kier molecular flexibility index (Phi) is 6.42. The summed E-state index contributed by atoms with van der Waals surface area (Å²) in [6.45, 7) is 6.04. The Morgan fingerprint density at radius 1 is 1.24 bits per heavy atom. The molecule has 0 aliphatic heterocycles. The number of sulfonamides is 1. The topological polar surface area (TPSA) is 72.5 Å². The molecule has 0 aromatic heterocycles. The molecular weight excluding hydrogens is 290 g/mol. The number of carbonyl (C=O) groups excluding carboxylic acids is 1. The number of aryl methyl sites for hydroxylation is 1. The summed E-state index contributed by atoms with van der Waals surface area (Å²) >= 11 is 0. The molecule has 1 aromatic carbocycles. The summed E-state index contributed by atoms with van der Waals surface area (Å²) in [7, 11) is -3.88. The predicted molar refractivity (Wildman–Crippen MR) is 81.4 cm³/mol. The zero-order chi connectivity index (χ0) is 15.9. The van der Waals surface area contributed by atoms with E-state index in [2.05, 4.69) is 13.8 Å². The maximum atomic E-state index is 11.9. The fourth-order valence-corrected chi connectivity index (χ4v) is 2.37. The van der Waals surface area contributed by atoms with E-state index in [1.807, 2.05) is 17.7 Å². The molecule has 1 rings (SSSR count). The number of ether oxygens (including phenoxy) is 1. The Labute approximate surface area is 126 Å². The van der Waals surface area contributed by atoms with Crippen molar-refractivity contribution in [3.05, 3.63) is 42.0 Å². The van der Waals surface area contributed by atoms with Gasteiger partial charge in [-0.3, -0.25) is 0 Å². The lowest BCUT2D eigenvalue weighted by atomic mass is 10.1. The van der Waals surface area contributed by atoms with E-state index < -0.39 is 16.1 Å². The van der Waals surface area contributed by atoms with Crippen LogP contribution in [0, 0.1) is 12.8 Å². The van der Waals surface area contributed by atoms with E-state index in [-0.39, 0.29) is 11.5 Å². The fourth-order valence-electron chi connectivity index (χ4n) is 1.48. The first-order valence-electron chi connectivity index (χ1n) is 6.72. The van der Waals surface area contributed by atoms with Gasteiger partial charge in [0.2, 0.25) is 0 Å². The van der Waals surface area contributed by atoms with E-state index in [9.17, 15) is 13.2 Å². The first-order chi connectivity index (χ1) is 9.81. The van der Waals surface area contributed by atoms with E-state index in [1.54, 1.807) is 18.2 Å². The van der Waals surface area contributed by atoms with Crippen molar-refractivity contribution < 1.29 is 17.9 Å². The van der Waals surface area contributed by atoms with Crippen LogP contribution in [0.25, 0.3) is 0 Å². The smallest absolute Gasteiger partial charge is 0.421 e. The number of amides is 1. The Morgan fingerprint density at radius 3 is 2.43 bits per heavy atom. The second kappa shape index (κ2) is 7.83. The van der Waals surface area contributed by atoms with Gasteiger partial charge in [0.25, 0.3) is 10.0 Å². The third-order valence-corrected chi connectivity index (χ3v) is 3.96. The van der Waals surface area contributed by atoms with Crippen molar-refractivity contribution >= 4 is 16.1 Å². The molecule has 1 N–H and O–H groups in total. The summed E-state index contributed by atoms with van der Waals surface area (Å²) in [4.78, 5) is 11.5. The number of nitrogens with one attached hydrogen (secondary N) is 1. The molecule has 0 spiro atoms. The van der Waals surface area contributed by atoms with Crippen LogP contribution in [0.1, 0.15) is 25.8 Å². The van der Waals surface area contributed by atoms with E-state index in [1.165, 1.54) is 12.1 Å². The highest BCUT2D eigenvalue weighted by atomic mass is 32.2. The molecule has 0 atom stereocenters. The fraction of sp³-hybridized carbons (Fsp3) is 0.400. The maximum Gasteiger partial charge on any atom is 0.421 e. The molecule has 0 aliphatic carbocycles. The van der Waals surface area contributed by atoms with Gasteiger partial charge >= 0.3 is 6.09 Å². The van der Waals surface area contributed by atoms with Gasteiger partial charge in [-0.25, -0.2) is 17.9 Å². The van der Waals surface area contributed by atoms with Crippen molar-refractivity contribution in [1.82, 2.24) is 4.72 Å². The summed E-state index contributed by atoms with van der Waals surface area (Å²) in [6, 6.07) is 6.20. The summed E-state index contributed by atoms with van der Waals surface area (Å²) in [6.07, 6.45) is 3.49. The standard InChI is InChI=1S/C15H21NO4S/c1-12(2)6-4-5-11-20-15(17)16-21(18,19)14-9-7-13(3)8-10-14/h4-5,7-10,12H,6,11H2,1-3H3,(H,16,17)/b5-4+. The molecule has 1 amide bonds. The highest BCUT2D eigenvalue weighted by Gasteiger charge is 2.17. The summed E-state index contributed by atoms with van der Waals surface area (Å²) in [5.74, 6) is 0.525. The molecule has 5 nitrogen and oxygen atoms in total. The molecule has 116 valence electrons. The van der Waals surface area contributed by atoms with Gasteiger partial charge in [-0.1, -0.05) is 43.7 Å². The van der Waals surface area contributed by atoms with Gasteiger partial charge in [0.15, 0.2) is 0 Å². The van der Waals surface area contributed by atoms with Crippen LogP contribution in [-0.2, 0) is 14.8 Å². The molecule has 0 unspecified atom stereocenters. The third-order valence-electron chi connectivity index (χ3n) is 2.63. The number of rotatable bonds is 6. The minimum absolute atomic E-state index is 0.0281. The Morgan fingerprint density at radius 2 is 1.86 bits per heavy atom. The van der Waals surface area contributed by atoms with Gasteiger partial charge in [0, 0.05) is 0 Å². The Bertz CT molecular complexity index is 589. The summed E-state index contributed by atoms with van der Waals surface area (Å²) < 4.78 is 30.5. The van der Waals surface area contributed by atoms with Crippen LogP contribution < -0.4 is 4.72 Å². The Hall–Kier alpha value is -1.82. The van der Waals surface area contributed by atoms with Crippen LogP contribution in [0.5, 0.6) is 0 Å². The zero-order valence-electron chi connectivity index (χ0n) is 12.5. The summed E-state index contributed by atoms with van der Waals surface area (Å²) in [5.41, 5.74) is 0.937. The van der Waals surface area contributed by atoms with Gasteiger partial charge in [-0.2, -0.15) is 0 Å². The number of carbonyl (C=O) groups is 1. The molecule has 0 saturated heterocycles. The van der Waals surface area contributed by atoms with Crippen molar-refractivity contribution in [3.63, 3.8) is 0 Å². The molecule has 1 aromatic rings. The lowest BCUT2D eigenvalue weighted by molar-refractivity contribution is 0.164. The van der Waals surface area contributed by atoms with Crippen molar-refractivity contribution in [1.29, 1.82) is 0 Å². The minimum atomic E-state index is -3.88. The van der Waals surface area contributed by atoms with Gasteiger partial charge in [-0.05, 0) is 31.4 Å². The maximum absolute atomic E-state index is 11.9. The molecule has 21 heavy (non-hydrogen) atoms. The van der Waals surface area contributed by atoms with E-state index in [0.29, 0.717) is 5.92 Å². The van der Waals surface area contributed by atoms with Crippen molar-refractivity contribution in [3.8, 4) is 0 Å². The molecule has 0 aliphatic rings. The zero-order valence-corrected chi connectivity index (χ0v) is 13.3. The van der Waals surface area contributed by atoms with Crippen LogP contribution in [0.4, 0.5) is 4.79 Å². The highest BCUT2D eigenvalue weighted by Crippen LogP contribution is 2.09. The molecule has 0 heterocycles. The van der Waals surface area contributed by atoms with Crippen LogP contribution in [-0.4, -0.2) is 21.1 Å². The molecule has 0 saturated carbocycles. The van der Waals surface area contributed by atoms with Crippen molar-refractivity contribution in [2.24, 2.45) is 5.92 Å². The van der Waals surface area contributed by atoms with Gasteiger partial charge in [0.1, 0.15) is 6.61 Å². The van der Waals surface area contributed by atoms with E-state index >= 15 is 0 Å². The van der Waals surface area contributed by atoms with Crippen molar-refractivity contribution in [2.45, 2.75) is 32.1 Å². The molecule has 0 bridgehead atoms. The molecular formula is C15H21NO4S. The molecule has 6 heteroatoms. The molecule has 0 radical (unpaired) electrons. The first-order valence-corrected chi connectivity index (χ1v) is 8.21. The van der Waals surface area contributed by atoms with E-state index in [0.717, 1.165) is 12.0 Å². The molecule has 0 fully saturated rings. The lowest BCUT2D eigenvalue weighted by Gasteiger charge is -2.07. The highest BCUT2D eigenvalue weighted by molar-refractivity contribution is 7.90. The Balaban J connectivity index is 2.50. The van der Waals surface area contributed by atoms with E-state index in [4.69, 9.17) is 4.74 Å². The second-order valence-corrected chi connectivity index (χ2v) is 6.80. The minimum Gasteiger partial charge on any atom is -0.445 e. The van der Waals surface area contributed by atoms with Gasteiger partial charge in [0.05, 0.1) is 4.90 Å². The van der Waals surface area contributed by atoms with Crippen LogP contribution in [0.15, 0.2) is 41.3 Å². The third kappa shape index (κ3) is 6.44. The van der Waals surface area contributed by atoms with Crippen LogP contribution >= 0.6 is 0 Å². The normalized spacial score (nSPS) is 11.8. The largest absolute Gasteiger partial charge is 0.445 e. The quantitative estimate of drug-likeness (QED) is 0.820. The monoisotopic (exact) mass is 311 g/mol.